The second-order valence-electron chi connectivity index (χ2n) is 12.1. The molecule has 1 aliphatic heterocycles. The minimum atomic E-state index is -3.57. The lowest BCUT2D eigenvalue weighted by Gasteiger charge is -2.35. The lowest BCUT2D eigenvalue weighted by molar-refractivity contribution is 0.181. The highest BCUT2D eigenvalue weighted by Gasteiger charge is 2.34. The normalized spacial score (nSPS) is 16.6. The Hall–Kier alpha value is -1.69. The highest BCUT2D eigenvalue weighted by atomic mass is 32.2. The molecular weight excluding hydrogens is 452 g/mol. The summed E-state index contributed by atoms with van der Waals surface area (Å²) in [5, 5.41) is 0. The number of benzene rings is 2. The van der Waals surface area contributed by atoms with Gasteiger partial charge in [0.05, 0.1) is 4.90 Å². The molecule has 0 N–H and O–H groups in total. The minimum absolute atomic E-state index is 0.147. The summed E-state index contributed by atoms with van der Waals surface area (Å²) in [7, 11) is -3.57. The molecule has 0 unspecified atom stereocenters. The molecule has 194 valence electrons. The van der Waals surface area contributed by atoms with Crippen LogP contribution >= 0.6 is 0 Å². The van der Waals surface area contributed by atoms with Gasteiger partial charge in [0, 0.05) is 32.7 Å². The van der Waals surface area contributed by atoms with Crippen LogP contribution in [0.4, 0.5) is 0 Å². The Morgan fingerprint density at radius 3 is 1.66 bits per heavy atom. The van der Waals surface area contributed by atoms with E-state index in [4.69, 9.17) is 0 Å². The first-order valence-corrected chi connectivity index (χ1v) is 14.7. The monoisotopic (exact) mass is 498 g/mol. The molecule has 4 nitrogen and oxygen atoms in total. The van der Waals surface area contributed by atoms with Gasteiger partial charge in [-0.05, 0) is 51.0 Å². The summed E-state index contributed by atoms with van der Waals surface area (Å²) in [5.41, 5.74) is 5.90. The second-order valence-corrected chi connectivity index (χ2v) is 14.0. The molecule has 0 spiro atoms. The SMILES string of the molecule is CC(C)c1cc(C(C)C)c(S(=O)(=O)N2CCN(Cc3ccc(C(C)(C)C)cc3)CC2)c(C(C)C)c1. The summed E-state index contributed by atoms with van der Waals surface area (Å²) in [5.74, 6) is 0.657. The van der Waals surface area contributed by atoms with Gasteiger partial charge in [-0.3, -0.25) is 4.90 Å². The van der Waals surface area contributed by atoms with E-state index in [1.54, 1.807) is 4.31 Å². The summed E-state index contributed by atoms with van der Waals surface area (Å²) in [4.78, 5) is 2.92. The smallest absolute Gasteiger partial charge is 0.243 e. The van der Waals surface area contributed by atoms with E-state index in [9.17, 15) is 8.42 Å². The molecule has 1 saturated heterocycles. The van der Waals surface area contributed by atoms with Crippen LogP contribution in [0.1, 0.15) is 108 Å². The van der Waals surface area contributed by atoms with Crippen molar-refractivity contribution in [2.75, 3.05) is 26.2 Å². The number of piperazine rings is 1. The zero-order chi connectivity index (χ0) is 26.1. The Morgan fingerprint density at radius 1 is 0.771 bits per heavy atom. The largest absolute Gasteiger partial charge is 0.296 e. The van der Waals surface area contributed by atoms with E-state index >= 15 is 0 Å². The molecule has 1 aliphatic rings. The molecule has 0 aromatic heterocycles. The van der Waals surface area contributed by atoms with Crippen LogP contribution < -0.4 is 0 Å². The van der Waals surface area contributed by atoms with E-state index < -0.39 is 10.0 Å². The van der Waals surface area contributed by atoms with Crippen molar-refractivity contribution in [3.63, 3.8) is 0 Å². The first kappa shape index (κ1) is 27.9. The van der Waals surface area contributed by atoms with Gasteiger partial charge in [-0.1, -0.05) is 98.7 Å². The summed E-state index contributed by atoms with van der Waals surface area (Å²) in [6, 6.07) is 13.1. The van der Waals surface area contributed by atoms with Crippen molar-refractivity contribution in [1.29, 1.82) is 0 Å². The van der Waals surface area contributed by atoms with Crippen molar-refractivity contribution < 1.29 is 8.42 Å². The maximum absolute atomic E-state index is 14.0. The van der Waals surface area contributed by atoms with Crippen molar-refractivity contribution in [3.05, 3.63) is 64.2 Å². The van der Waals surface area contributed by atoms with E-state index in [1.165, 1.54) is 16.7 Å². The maximum atomic E-state index is 14.0. The van der Waals surface area contributed by atoms with Crippen molar-refractivity contribution in [2.24, 2.45) is 0 Å². The second kappa shape index (κ2) is 10.7. The summed E-state index contributed by atoms with van der Waals surface area (Å²) in [6.07, 6.45) is 0. The molecule has 0 saturated carbocycles. The fourth-order valence-electron chi connectivity index (χ4n) is 4.81. The molecule has 2 aromatic rings. The molecule has 1 fully saturated rings. The topological polar surface area (TPSA) is 40.6 Å². The van der Waals surface area contributed by atoms with E-state index in [0.717, 1.165) is 30.8 Å². The van der Waals surface area contributed by atoms with E-state index in [1.807, 2.05) is 0 Å². The molecule has 5 heteroatoms. The third kappa shape index (κ3) is 6.36. The number of hydrogen-bond acceptors (Lipinski definition) is 3. The van der Waals surface area contributed by atoms with Crippen molar-refractivity contribution >= 4 is 10.0 Å². The molecule has 0 amide bonds. The highest BCUT2D eigenvalue weighted by Crippen LogP contribution is 2.37. The number of sulfonamides is 1. The van der Waals surface area contributed by atoms with Crippen molar-refractivity contribution in [1.82, 2.24) is 9.21 Å². The predicted molar refractivity (Wildman–Crippen MR) is 148 cm³/mol. The van der Waals surface area contributed by atoms with Crippen LogP contribution in [0.3, 0.4) is 0 Å². The van der Waals surface area contributed by atoms with Crippen LogP contribution in [0.25, 0.3) is 0 Å². The third-order valence-corrected chi connectivity index (χ3v) is 9.27. The fraction of sp³-hybridized carbons (Fsp3) is 0.600. The Morgan fingerprint density at radius 2 is 1.26 bits per heavy atom. The van der Waals surface area contributed by atoms with Gasteiger partial charge in [-0.2, -0.15) is 4.31 Å². The molecule has 2 aromatic carbocycles. The maximum Gasteiger partial charge on any atom is 0.243 e. The Kier molecular flexibility index (Phi) is 8.56. The third-order valence-electron chi connectivity index (χ3n) is 7.23. The molecule has 35 heavy (non-hydrogen) atoms. The van der Waals surface area contributed by atoms with E-state index in [2.05, 4.69) is 104 Å². The number of nitrogens with zero attached hydrogens (tertiary/aromatic N) is 2. The van der Waals surface area contributed by atoms with Gasteiger partial charge < -0.3 is 0 Å². The summed E-state index contributed by atoms with van der Waals surface area (Å²) >= 11 is 0. The molecule has 1 heterocycles. The van der Waals surface area contributed by atoms with Gasteiger partial charge in [0.25, 0.3) is 0 Å². The fourth-order valence-corrected chi connectivity index (χ4v) is 6.90. The average Bonchev–Trinajstić information content (AvgIpc) is 2.78. The zero-order valence-corrected chi connectivity index (χ0v) is 24.2. The van der Waals surface area contributed by atoms with Crippen LogP contribution in [0, 0.1) is 0 Å². The highest BCUT2D eigenvalue weighted by molar-refractivity contribution is 7.89. The molecule has 3 rings (SSSR count). The Labute approximate surface area is 214 Å². The van der Waals surface area contributed by atoms with Crippen LogP contribution in [0.2, 0.25) is 0 Å². The Bertz CT molecular complexity index is 1070. The molecular formula is C30H46N2O2S. The number of rotatable bonds is 7. The quantitative estimate of drug-likeness (QED) is 0.419. The van der Waals surface area contributed by atoms with Gasteiger partial charge in [0.15, 0.2) is 0 Å². The lowest BCUT2D eigenvalue weighted by atomic mass is 9.87. The van der Waals surface area contributed by atoms with E-state index in [0.29, 0.717) is 23.9 Å². The van der Waals surface area contributed by atoms with Crippen LogP contribution in [-0.2, 0) is 22.0 Å². The Balaban J connectivity index is 1.81. The number of hydrogen-bond donors (Lipinski definition) is 0. The van der Waals surface area contributed by atoms with Gasteiger partial charge in [0.2, 0.25) is 10.0 Å². The van der Waals surface area contributed by atoms with Gasteiger partial charge >= 0.3 is 0 Å². The lowest BCUT2D eigenvalue weighted by Crippen LogP contribution is -2.48. The van der Waals surface area contributed by atoms with Crippen LogP contribution in [-0.4, -0.2) is 43.8 Å². The minimum Gasteiger partial charge on any atom is -0.296 e. The van der Waals surface area contributed by atoms with Gasteiger partial charge in [0.1, 0.15) is 0 Å². The summed E-state index contributed by atoms with van der Waals surface area (Å²) in [6.45, 7) is 22.9. The molecule has 0 aliphatic carbocycles. The predicted octanol–water partition coefficient (Wildman–Crippen LogP) is 6.86. The zero-order valence-electron chi connectivity index (χ0n) is 23.4. The average molecular weight is 499 g/mol. The van der Waals surface area contributed by atoms with E-state index in [-0.39, 0.29) is 17.3 Å². The van der Waals surface area contributed by atoms with Crippen molar-refractivity contribution in [2.45, 2.75) is 96.9 Å². The van der Waals surface area contributed by atoms with Gasteiger partial charge in [-0.25, -0.2) is 8.42 Å². The van der Waals surface area contributed by atoms with Gasteiger partial charge in [-0.15, -0.1) is 0 Å². The molecule has 0 radical (unpaired) electrons. The molecule has 0 bridgehead atoms. The first-order valence-electron chi connectivity index (χ1n) is 13.2. The van der Waals surface area contributed by atoms with Crippen molar-refractivity contribution in [3.8, 4) is 0 Å². The first-order chi connectivity index (χ1) is 16.2. The molecule has 0 atom stereocenters. The van der Waals surface area contributed by atoms with Crippen LogP contribution in [0.5, 0.6) is 0 Å². The standard InChI is InChI=1S/C30H46N2O2S/c1-21(2)25-18-27(22(3)4)29(28(19-25)23(5)6)35(33,34)32-16-14-31(15-17-32)20-24-10-12-26(13-11-24)30(7,8)9/h10-13,18-19,21-23H,14-17,20H2,1-9H3. The van der Waals surface area contributed by atoms with Crippen LogP contribution in [0.15, 0.2) is 41.3 Å². The summed E-state index contributed by atoms with van der Waals surface area (Å²) < 4.78 is 29.8.